The molecule has 0 aromatic carbocycles. The first-order chi connectivity index (χ1) is 11.4. The molecule has 2 N–H and O–H groups in total. The SMILES string of the molecule is C=CC12CC[C@H]3[C@@H](CC[C@H]4C[C@H](O)CC[C@@]43C)[C@@H]1CC[C@@H]2C(C)O. The summed E-state index contributed by atoms with van der Waals surface area (Å²) in [5.41, 5.74) is 0.630. The Balaban J connectivity index is 1.64. The first kappa shape index (κ1) is 17.1. The summed E-state index contributed by atoms with van der Waals surface area (Å²) in [6.45, 7) is 8.79. The molecule has 0 aliphatic heterocycles. The summed E-state index contributed by atoms with van der Waals surface area (Å²) in [5.74, 6) is 3.52. The molecule has 0 spiro atoms. The molecule has 24 heavy (non-hydrogen) atoms. The van der Waals surface area contributed by atoms with Crippen LogP contribution in [0.4, 0.5) is 0 Å². The van der Waals surface area contributed by atoms with Crippen molar-refractivity contribution >= 4 is 0 Å². The van der Waals surface area contributed by atoms with Crippen LogP contribution in [0.2, 0.25) is 0 Å². The highest BCUT2D eigenvalue weighted by atomic mass is 16.3. The molecule has 136 valence electrons. The number of allylic oxidation sites excluding steroid dienone is 1. The van der Waals surface area contributed by atoms with E-state index in [0.717, 1.165) is 36.5 Å². The minimum absolute atomic E-state index is 0.0541. The summed E-state index contributed by atoms with van der Waals surface area (Å²) in [4.78, 5) is 0. The van der Waals surface area contributed by atoms with E-state index in [-0.39, 0.29) is 17.6 Å². The van der Waals surface area contributed by atoms with Crippen molar-refractivity contribution in [3.8, 4) is 0 Å². The van der Waals surface area contributed by atoms with Gasteiger partial charge in [0.1, 0.15) is 0 Å². The molecule has 4 aliphatic carbocycles. The fourth-order valence-corrected chi connectivity index (χ4v) is 8.10. The Bertz CT molecular complexity index is 500. The monoisotopic (exact) mass is 332 g/mol. The van der Waals surface area contributed by atoms with Gasteiger partial charge >= 0.3 is 0 Å². The molecule has 0 saturated heterocycles. The summed E-state index contributed by atoms with van der Waals surface area (Å²) in [5, 5.41) is 20.5. The van der Waals surface area contributed by atoms with Gasteiger partial charge in [0.15, 0.2) is 0 Å². The van der Waals surface area contributed by atoms with Crippen LogP contribution in [0, 0.1) is 40.4 Å². The van der Waals surface area contributed by atoms with Crippen molar-refractivity contribution in [1.29, 1.82) is 0 Å². The molecule has 0 aromatic heterocycles. The standard InChI is InChI=1S/C22H36O2/c1-4-22-12-10-19-17(20(22)8-7-18(22)14(2)23)6-5-15-13-16(24)9-11-21(15,19)3/h4,14-20,23-24H,1,5-13H2,2-3H3/t14?,15-,16+,17+,18+,19-,20-,21-,22?/m0/s1. The van der Waals surface area contributed by atoms with Gasteiger partial charge in [-0.25, -0.2) is 0 Å². The first-order valence-corrected chi connectivity index (χ1v) is 10.4. The number of rotatable bonds is 2. The highest BCUT2D eigenvalue weighted by Gasteiger charge is 2.61. The molecule has 0 heterocycles. The molecule has 2 unspecified atom stereocenters. The normalized spacial score (nSPS) is 55.2. The average molecular weight is 333 g/mol. The third kappa shape index (κ3) is 2.21. The van der Waals surface area contributed by atoms with E-state index >= 15 is 0 Å². The van der Waals surface area contributed by atoms with Crippen LogP contribution < -0.4 is 0 Å². The first-order valence-electron chi connectivity index (χ1n) is 10.4. The summed E-state index contributed by atoms with van der Waals surface area (Å²) in [6.07, 6.45) is 12.9. The smallest absolute Gasteiger partial charge is 0.0548 e. The zero-order chi connectivity index (χ0) is 17.1. The molecule has 0 amide bonds. The lowest BCUT2D eigenvalue weighted by Crippen LogP contribution is -2.54. The number of hydrogen-bond acceptors (Lipinski definition) is 2. The molecule has 2 heteroatoms. The topological polar surface area (TPSA) is 40.5 Å². The van der Waals surface area contributed by atoms with Gasteiger partial charge in [-0.3, -0.25) is 0 Å². The van der Waals surface area contributed by atoms with E-state index in [1.807, 2.05) is 6.92 Å². The molecule has 4 aliphatic rings. The van der Waals surface area contributed by atoms with Gasteiger partial charge in [0.2, 0.25) is 0 Å². The van der Waals surface area contributed by atoms with Crippen molar-refractivity contribution in [3.05, 3.63) is 12.7 Å². The van der Waals surface area contributed by atoms with E-state index in [1.165, 1.54) is 44.9 Å². The van der Waals surface area contributed by atoms with Crippen LogP contribution in [0.25, 0.3) is 0 Å². The Labute approximate surface area is 147 Å². The van der Waals surface area contributed by atoms with Gasteiger partial charge in [-0.05, 0) is 105 Å². The predicted molar refractivity (Wildman–Crippen MR) is 97.4 cm³/mol. The van der Waals surface area contributed by atoms with Crippen molar-refractivity contribution in [2.45, 2.75) is 83.8 Å². The average Bonchev–Trinajstić information content (AvgIpc) is 2.95. The number of fused-ring (bicyclic) bond motifs is 5. The minimum atomic E-state index is -0.207. The van der Waals surface area contributed by atoms with Crippen molar-refractivity contribution in [1.82, 2.24) is 0 Å². The lowest BCUT2D eigenvalue weighted by Gasteiger charge is -2.61. The van der Waals surface area contributed by atoms with Crippen molar-refractivity contribution < 1.29 is 10.2 Å². The summed E-state index contributed by atoms with van der Waals surface area (Å²) >= 11 is 0. The number of aliphatic hydroxyl groups excluding tert-OH is 2. The molecule has 2 nitrogen and oxygen atoms in total. The fourth-order valence-electron chi connectivity index (χ4n) is 8.10. The maximum absolute atomic E-state index is 10.4. The van der Waals surface area contributed by atoms with E-state index in [0.29, 0.717) is 11.3 Å². The van der Waals surface area contributed by atoms with E-state index in [4.69, 9.17) is 0 Å². The molecule has 4 saturated carbocycles. The quantitative estimate of drug-likeness (QED) is 0.728. The van der Waals surface area contributed by atoms with Gasteiger partial charge < -0.3 is 10.2 Å². The van der Waals surface area contributed by atoms with Crippen LogP contribution in [-0.2, 0) is 0 Å². The zero-order valence-electron chi connectivity index (χ0n) is 15.6. The molecule has 0 aromatic rings. The molecular weight excluding hydrogens is 296 g/mol. The van der Waals surface area contributed by atoms with Crippen molar-refractivity contribution in [3.63, 3.8) is 0 Å². The van der Waals surface area contributed by atoms with Crippen LogP contribution in [0.3, 0.4) is 0 Å². The Hall–Kier alpha value is -0.340. The predicted octanol–water partition coefficient (Wildman–Crippen LogP) is 4.55. The van der Waals surface area contributed by atoms with Gasteiger partial charge in [-0.2, -0.15) is 0 Å². The maximum atomic E-state index is 10.4. The number of hydrogen-bond donors (Lipinski definition) is 2. The Kier molecular flexibility index (Phi) is 4.16. The summed E-state index contributed by atoms with van der Waals surface area (Å²) in [7, 11) is 0. The maximum Gasteiger partial charge on any atom is 0.0548 e. The highest BCUT2D eigenvalue weighted by molar-refractivity contribution is 5.16. The molecule has 4 rings (SSSR count). The third-order valence-corrected chi connectivity index (χ3v) is 9.25. The Morgan fingerprint density at radius 1 is 1.04 bits per heavy atom. The number of aliphatic hydroxyl groups is 2. The summed E-state index contributed by atoms with van der Waals surface area (Å²) < 4.78 is 0. The van der Waals surface area contributed by atoms with Crippen LogP contribution >= 0.6 is 0 Å². The van der Waals surface area contributed by atoms with Crippen LogP contribution in [0.1, 0.15) is 71.6 Å². The van der Waals surface area contributed by atoms with E-state index < -0.39 is 0 Å². The fraction of sp³-hybridized carbons (Fsp3) is 0.909. The molecule has 0 bridgehead atoms. The van der Waals surface area contributed by atoms with Crippen LogP contribution in [0.15, 0.2) is 12.7 Å². The largest absolute Gasteiger partial charge is 0.393 e. The van der Waals surface area contributed by atoms with Crippen LogP contribution in [0.5, 0.6) is 0 Å². The van der Waals surface area contributed by atoms with Gasteiger partial charge in [0, 0.05) is 0 Å². The van der Waals surface area contributed by atoms with Crippen LogP contribution in [-0.4, -0.2) is 22.4 Å². The Morgan fingerprint density at radius 3 is 2.54 bits per heavy atom. The summed E-state index contributed by atoms with van der Waals surface area (Å²) in [6, 6.07) is 0. The molecular formula is C22H36O2. The molecule has 0 radical (unpaired) electrons. The lowest BCUT2D eigenvalue weighted by molar-refractivity contribution is -0.125. The second kappa shape index (κ2) is 5.84. The van der Waals surface area contributed by atoms with E-state index in [2.05, 4.69) is 19.6 Å². The van der Waals surface area contributed by atoms with Gasteiger partial charge in [-0.15, -0.1) is 6.58 Å². The second-order valence-corrected chi connectivity index (χ2v) is 9.86. The second-order valence-electron chi connectivity index (χ2n) is 9.86. The van der Waals surface area contributed by atoms with Gasteiger partial charge in [-0.1, -0.05) is 13.0 Å². The molecule has 9 atom stereocenters. The van der Waals surface area contributed by atoms with Gasteiger partial charge in [0.05, 0.1) is 12.2 Å². The lowest BCUT2D eigenvalue weighted by atomic mass is 9.44. The zero-order valence-corrected chi connectivity index (χ0v) is 15.6. The third-order valence-electron chi connectivity index (χ3n) is 9.25. The van der Waals surface area contributed by atoms with E-state index in [9.17, 15) is 10.2 Å². The van der Waals surface area contributed by atoms with Crippen molar-refractivity contribution in [2.24, 2.45) is 40.4 Å². The Morgan fingerprint density at radius 2 is 1.83 bits per heavy atom. The highest BCUT2D eigenvalue weighted by Crippen LogP contribution is 2.68. The van der Waals surface area contributed by atoms with E-state index in [1.54, 1.807) is 0 Å². The van der Waals surface area contributed by atoms with Crippen molar-refractivity contribution in [2.75, 3.05) is 0 Å². The minimum Gasteiger partial charge on any atom is -0.393 e. The molecule has 4 fully saturated rings. The van der Waals surface area contributed by atoms with Gasteiger partial charge in [0.25, 0.3) is 0 Å².